The minimum absolute atomic E-state index is 0.00847. The van der Waals surface area contributed by atoms with Crippen LogP contribution in [0.15, 0.2) is 36.5 Å². The Bertz CT molecular complexity index is 1210. The number of rotatable bonds is 4. The van der Waals surface area contributed by atoms with Crippen molar-refractivity contribution in [1.82, 2.24) is 19.7 Å². The minimum Gasteiger partial charge on any atom is -0.598 e. The van der Waals surface area contributed by atoms with Crippen LogP contribution in [-0.2, 0) is 17.8 Å². The highest BCUT2D eigenvalue weighted by Gasteiger charge is 2.50. The minimum atomic E-state index is -1.17. The van der Waals surface area contributed by atoms with E-state index in [-0.39, 0.29) is 16.2 Å². The molecule has 1 fully saturated rings. The van der Waals surface area contributed by atoms with Gasteiger partial charge in [-0.15, -0.1) is 4.72 Å². The number of halogens is 1. The number of hydrogen-bond donors (Lipinski definition) is 1. The number of anilines is 1. The van der Waals surface area contributed by atoms with Crippen molar-refractivity contribution >= 4 is 39.9 Å². The first kappa shape index (κ1) is 23.6. The third kappa shape index (κ3) is 4.33. The molecule has 3 aromatic rings. The number of fused-ring (bicyclic) bond motifs is 2. The summed E-state index contributed by atoms with van der Waals surface area (Å²) in [5, 5.41) is 0.415. The summed E-state index contributed by atoms with van der Waals surface area (Å²) in [7, 11) is 1.70. The Balaban J connectivity index is 1.40. The average molecular weight is 500 g/mol. The van der Waals surface area contributed by atoms with Crippen LogP contribution in [0.1, 0.15) is 50.8 Å². The second kappa shape index (κ2) is 8.82. The molecule has 1 aromatic carbocycles. The molecule has 34 heavy (non-hydrogen) atoms. The lowest BCUT2D eigenvalue weighted by molar-refractivity contribution is 0.176. The van der Waals surface area contributed by atoms with Crippen LogP contribution < -0.4 is 14.4 Å². The second-order valence-corrected chi connectivity index (χ2v) is 12.6. The van der Waals surface area contributed by atoms with Gasteiger partial charge in [0.2, 0.25) is 0 Å². The highest BCUT2D eigenvalue weighted by atomic mass is 35.5. The van der Waals surface area contributed by atoms with E-state index < -0.39 is 11.4 Å². The number of nitrogens with zero attached hydrogens (tertiary/aromatic N) is 4. The number of nitrogens with one attached hydrogen (secondary N) is 1. The molecule has 2 aliphatic rings. The molecule has 2 atom stereocenters. The highest BCUT2D eigenvalue weighted by molar-refractivity contribution is 7.90. The smallest absolute Gasteiger partial charge is 0.179 e. The predicted molar refractivity (Wildman–Crippen MR) is 137 cm³/mol. The molecule has 1 aliphatic heterocycles. The largest absolute Gasteiger partial charge is 0.598 e. The number of aromatic nitrogens is 3. The Morgan fingerprint density at radius 2 is 1.94 bits per heavy atom. The zero-order valence-electron chi connectivity index (χ0n) is 20.0. The van der Waals surface area contributed by atoms with Crippen LogP contribution >= 0.6 is 11.6 Å². The van der Waals surface area contributed by atoms with Gasteiger partial charge in [0, 0.05) is 29.9 Å². The van der Waals surface area contributed by atoms with Gasteiger partial charge in [0.05, 0.1) is 19.3 Å². The molecule has 0 amide bonds. The Labute approximate surface area is 208 Å². The van der Waals surface area contributed by atoms with Gasteiger partial charge < -0.3 is 14.2 Å². The van der Waals surface area contributed by atoms with Gasteiger partial charge in [0.25, 0.3) is 0 Å². The van der Waals surface area contributed by atoms with Crippen molar-refractivity contribution in [1.29, 1.82) is 0 Å². The molecule has 3 heterocycles. The molecular weight excluding hydrogens is 470 g/mol. The van der Waals surface area contributed by atoms with E-state index in [1.807, 2.05) is 32.9 Å². The van der Waals surface area contributed by atoms with Crippen LogP contribution in [-0.4, -0.2) is 44.5 Å². The molecule has 1 spiro atoms. The fraction of sp³-hybridized carbons (Fsp3) is 0.480. The molecule has 0 bridgehead atoms. The average Bonchev–Trinajstić information content (AvgIpc) is 3.10. The summed E-state index contributed by atoms with van der Waals surface area (Å²) in [5.74, 6) is 1.72. The maximum Gasteiger partial charge on any atom is 0.179 e. The summed E-state index contributed by atoms with van der Waals surface area (Å²) >= 11 is 4.82. The molecular formula is C25H30ClN5O2S. The molecule has 5 rings (SSSR count). The highest BCUT2D eigenvalue weighted by Crippen LogP contribution is 2.53. The molecule has 7 nitrogen and oxygen atoms in total. The van der Waals surface area contributed by atoms with Crippen LogP contribution in [0.3, 0.4) is 0 Å². The van der Waals surface area contributed by atoms with E-state index in [0.717, 1.165) is 49.4 Å². The fourth-order valence-electron chi connectivity index (χ4n) is 5.10. The van der Waals surface area contributed by atoms with E-state index in [1.54, 1.807) is 19.4 Å². The summed E-state index contributed by atoms with van der Waals surface area (Å²) in [4.78, 5) is 15.8. The zero-order chi connectivity index (χ0) is 24.1. The normalized spacial score (nSPS) is 20.5. The van der Waals surface area contributed by atoms with E-state index in [1.165, 1.54) is 11.1 Å². The number of pyridine rings is 1. The quantitative estimate of drug-likeness (QED) is 0.414. The van der Waals surface area contributed by atoms with Gasteiger partial charge in [-0.1, -0.05) is 17.7 Å². The number of hydrogen-bond acceptors (Lipinski definition) is 7. The number of methoxy groups -OCH3 is 1. The summed E-state index contributed by atoms with van der Waals surface area (Å²) in [6.45, 7) is 7.74. The van der Waals surface area contributed by atoms with Gasteiger partial charge in [-0.05, 0) is 75.4 Å². The lowest BCUT2D eigenvalue weighted by Crippen LogP contribution is -2.49. The van der Waals surface area contributed by atoms with Gasteiger partial charge in [-0.2, -0.15) is 0 Å². The number of benzene rings is 1. The summed E-state index contributed by atoms with van der Waals surface area (Å²) < 4.78 is 21.8. The van der Waals surface area contributed by atoms with Crippen molar-refractivity contribution < 1.29 is 9.29 Å². The lowest BCUT2D eigenvalue weighted by atomic mass is 9.73. The first-order valence-corrected chi connectivity index (χ1v) is 13.1. The van der Waals surface area contributed by atoms with E-state index >= 15 is 0 Å². The van der Waals surface area contributed by atoms with E-state index in [2.05, 4.69) is 31.7 Å². The van der Waals surface area contributed by atoms with Gasteiger partial charge in [0.1, 0.15) is 27.0 Å². The summed E-state index contributed by atoms with van der Waals surface area (Å²) in [6.07, 6.45) is 4.64. The Morgan fingerprint density at radius 1 is 1.18 bits per heavy atom. The van der Waals surface area contributed by atoms with Gasteiger partial charge >= 0.3 is 0 Å². The topological polar surface area (TPSA) is 86.2 Å². The SMILES string of the molecule is COc1ccc2c(c1)CC1(CCN(c3cnc4nc(Cl)ccc4n3)CC1)[C@@H]2N[S@+]([O-])C(C)(C)C. The zero-order valence-corrected chi connectivity index (χ0v) is 21.5. The molecule has 0 radical (unpaired) electrons. The maximum absolute atomic E-state index is 13.1. The van der Waals surface area contributed by atoms with Crippen molar-refractivity contribution in [2.45, 2.75) is 50.8 Å². The molecule has 180 valence electrons. The Morgan fingerprint density at radius 3 is 2.65 bits per heavy atom. The molecule has 1 N–H and O–H groups in total. The molecule has 1 saturated heterocycles. The standard InChI is InChI=1S/C25H30ClN5O2S/c1-24(2,3)34(32)30-22-18-6-5-17(33-4)13-16(18)14-25(22)9-11-31(12-10-25)21-15-27-23-19(28-21)7-8-20(26)29-23/h5-8,13,15,22,30H,9-12,14H2,1-4H3/t22-,34-/m1/s1. The van der Waals surface area contributed by atoms with Crippen LogP contribution in [0.4, 0.5) is 5.82 Å². The van der Waals surface area contributed by atoms with E-state index in [4.69, 9.17) is 21.3 Å². The number of ether oxygens (including phenoxy) is 1. The van der Waals surface area contributed by atoms with Crippen LogP contribution in [0.2, 0.25) is 5.15 Å². The van der Waals surface area contributed by atoms with E-state index in [9.17, 15) is 4.55 Å². The number of piperidine rings is 1. The molecule has 1 aliphatic carbocycles. The summed E-state index contributed by atoms with van der Waals surface area (Å²) in [6, 6.07) is 9.91. The fourth-order valence-corrected chi connectivity index (χ4v) is 6.19. The van der Waals surface area contributed by atoms with Crippen molar-refractivity contribution in [2.75, 3.05) is 25.1 Å². The lowest BCUT2D eigenvalue weighted by Gasteiger charge is -2.44. The third-order valence-electron chi connectivity index (χ3n) is 7.04. The predicted octanol–water partition coefficient (Wildman–Crippen LogP) is 4.62. The molecule has 0 saturated carbocycles. The Kier molecular flexibility index (Phi) is 6.13. The van der Waals surface area contributed by atoms with Gasteiger partial charge in [-0.3, -0.25) is 0 Å². The first-order chi connectivity index (χ1) is 16.2. The molecule has 2 aromatic heterocycles. The Hall–Kier alpha value is -2.13. The second-order valence-electron chi connectivity index (χ2n) is 10.2. The van der Waals surface area contributed by atoms with Crippen LogP contribution in [0, 0.1) is 5.41 Å². The summed E-state index contributed by atoms with van der Waals surface area (Å²) in [5.41, 5.74) is 3.80. The van der Waals surface area contributed by atoms with Crippen molar-refractivity contribution in [2.24, 2.45) is 5.41 Å². The van der Waals surface area contributed by atoms with Gasteiger partial charge in [-0.25, -0.2) is 15.0 Å². The molecule has 0 unspecified atom stereocenters. The van der Waals surface area contributed by atoms with Crippen LogP contribution in [0.25, 0.3) is 11.2 Å². The monoisotopic (exact) mass is 499 g/mol. The van der Waals surface area contributed by atoms with Crippen molar-refractivity contribution in [3.05, 3.63) is 52.8 Å². The van der Waals surface area contributed by atoms with Gasteiger partial charge in [0.15, 0.2) is 5.65 Å². The van der Waals surface area contributed by atoms with Crippen LogP contribution in [0.5, 0.6) is 5.75 Å². The molecule has 9 heteroatoms. The van der Waals surface area contributed by atoms with E-state index in [0.29, 0.717) is 10.8 Å². The third-order valence-corrected chi connectivity index (χ3v) is 8.81. The first-order valence-electron chi connectivity index (χ1n) is 11.6. The maximum atomic E-state index is 13.1. The van der Waals surface area contributed by atoms with Crippen molar-refractivity contribution in [3.8, 4) is 5.75 Å². The van der Waals surface area contributed by atoms with Crippen molar-refractivity contribution in [3.63, 3.8) is 0 Å².